The molecule has 90 valence electrons. The van der Waals surface area contributed by atoms with Gasteiger partial charge in [0.1, 0.15) is 0 Å². The second kappa shape index (κ2) is 5.42. The summed E-state index contributed by atoms with van der Waals surface area (Å²) in [4.78, 5) is 0. The van der Waals surface area contributed by atoms with Crippen LogP contribution in [0.3, 0.4) is 0 Å². The maximum atomic E-state index is 4.14. The lowest BCUT2D eigenvalue weighted by Crippen LogP contribution is -2.15. The molecule has 2 aromatic rings. The molecule has 2 rings (SSSR count). The minimum absolute atomic E-state index is 0.777. The van der Waals surface area contributed by atoms with Crippen molar-refractivity contribution in [1.29, 1.82) is 0 Å². The van der Waals surface area contributed by atoms with Gasteiger partial charge in [-0.1, -0.05) is 28.1 Å². The number of aromatic nitrogens is 3. The average molecular weight is 295 g/mol. The highest BCUT2D eigenvalue weighted by atomic mass is 79.9. The van der Waals surface area contributed by atoms with Crippen molar-refractivity contribution in [2.24, 2.45) is 0 Å². The summed E-state index contributed by atoms with van der Waals surface area (Å²) in [6.07, 6.45) is 1.80. The smallest absolute Gasteiger partial charge is 0.0783 e. The lowest BCUT2D eigenvalue weighted by atomic mass is 10.2. The zero-order valence-electron chi connectivity index (χ0n) is 9.94. The van der Waals surface area contributed by atoms with E-state index in [0.29, 0.717) is 0 Å². The number of hydrogen-bond donors (Lipinski definition) is 1. The van der Waals surface area contributed by atoms with E-state index >= 15 is 0 Å². The minimum atomic E-state index is 0.777. The van der Waals surface area contributed by atoms with Crippen LogP contribution in [0.15, 0.2) is 28.9 Å². The van der Waals surface area contributed by atoms with Gasteiger partial charge in [-0.3, -0.25) is 0 Å². The predicted octanol–water partition coefficient (Wildman–Crippen LogP) is 2.45. The van der Waals surface area contributed by atoms with Crippen LogP contribution in [-0.2, 0) is 6.54 Å². The van der Waals surface area contributed by atoms with E-state index in [0.717, 1.165) is 28.9 Å². The highest BCUT2D eigenvalue weighted by Crippen LogP contribution is 2.19. The number of benzene rings is 1. The molecule has 0 saturated heterocycles. The standard InChI is InChI=1S/C12H15BrN4/c1-3-14-7-11-8-15-16-17(11)12-5-4-10(13)6-9(12)2/h4-6,8,14H,3,7H2,1-2H3. The van der Waals surface area contributed by atoms with E-state index in [-0.39, 0.29) is 0 Å². The molecule has 1 aromatic carbocycles. The van der Waals surface area contributed by atoms with Gasteiger partial charge in [0.2, 0.25) is 0 Å². The molecule has 1 N–H and O–H groups in total. The molecule has 0 aliphatic carbocycles. The van der Waals surface area contributed by atoms with Crippen LogP contribution < -0.4 is 5.32 Å². The molecule has 0 bridgehead atoms. The Morgan fingerprint density at radius 2 is 2.24 bits per heavy atom. The van der Waals surface area contributed by atoms with Crippen LogP contribution in [0.25, 0.3) is 5.69 Å². The van der Waals surface area contributed by atoms with Crippen molar-refractivity contribution in [2.75, 3.05) is 6.54 Å². The number of aryl methyl sites for hydroxylation is 1. The molecule has 0 aliphatic rings. The van der Waals surface area contributed by atoms with Crippen molar-refractivity contribution in [2.45, 2.75) is 20.4 Å². The van der Waals surface area contributed by atoms with Crippen molar-refractivity contribution in [1.82, 2.24) is 20.3 Å². The number of nitrogens with one attached hydrogen (secondary N) is 1. The fourth-order valence-electron chi connectivity index (χ4n) is 1.69. The minimum Gasteiger partial charge on any atom is -0.311 e. The van der Waals surface area contributed by atoms with E-state index < -0.39 is 0 Å². The predicted molar refractivity (Wildman–Crippen MR) is 71.2 cm³/mol. The van der Waals surface area contributed by atoms with Gasteiger partial charge in [-0.25, -0.2) is 4.68 Å². The normalized spacial score (nSPS) is 10.8. The number of hydrogen-bond acceptors (Lipinski definition) is 3. The first kappa shape index (κ1) is 12.3. The van der Waals surface area contributed by atoms with Gasteiger partial charge in [-0.2, -0.15) is 0 Å². The molecule has 4 nitrogen and oxygen atoms in total. The molecule has 0 saturated carbocycles. The fourth-order valence-corrected chi connectivity index (χ4v) is 2.16. The van der Waals surface area contributed by atoms with E-state index in [1.165, 1.54) is 5.56 Å². The van der Waals surface area contributed by atoms with Gasteiger partial charge in [0.05, 0.1) is 17.6 Å². The third-order valence-electron chi connectivity index (χ3n) is 2.56. The highest BCUT2D eigenvalue weighted by molar-refractivity contribution is 9.10. The van der Waals surface area contributed by atoms with Crippen LogP contribution >= 0.6 is 15.9 Å². The zero-order chi connectivity index (χ0) is 12.3. The van der Waals surface area contributed by atoms with E-state index in [4.69, 9.17) is 0 Å². The van der Waals surface area contributed by atoms with E-state index in [2.05, 4.69) is 51.5 Å². The topological polar surface area (TPSA) is 42.7 Å². The average Bonchev–Trinajstić information content (AvgIpc) is 2.74. The van der Waals surface area contributed by atoms with Gasteiger partial charge >= 0.3 is 0 Å². The van der Waals surface area contributed by atoms with Gasteiger partial charge in [0.25, 0.3) is 0 Å². The van der Waals surface area contributed by atoms with Crippen LogP contribution in [0.1, 0.15) is 18.2 Å². The van der Waals surface area contributed by atoms with Crippen molar-refractivity contribution in [3.63, 3.8) is 0 Å². The fraction of sp³-hybridized carbons (Fsp3) is 0.333. The Bertz CT molecular complexity index is 507. The maximum Gasteiger partial charge on any atom is 0.0783 e. The summed E-state index contributed by atoms with van der Waals surface area (Å²) >= 11 is 3.46. The van der Waals surface area contributed by atoms with Crippen LogP contribution in [0.4, 0.5) is 0 Å². The van der Waals surface area contributed by atoms with Crippen LogP contribution in [0.2, 0.25) is 0 Å². The number of nitrogens with zero attached hydrogens (tertiary/aromatic N) is 3. The lowest BCUT2D eigenvalue weighted by Gasteiger charge is -2.09. The van der Waals surface area contributed by atoms with E-state index in [1.54, 1.807) is 6.20 Å². The Balaban J connectivity index is 2.35. The molecule has 0 radical (unpaired) electrons. The SMILES string of the molecule is CCNCc1cnnn1-c1ccc(Br)cc1C. The second-order valence-corrected chi connectivity index (χ2v) is 4.76. The maximum absolute atomic E-state index is 4.14. The van der Waals surface area contributed by atoms with Crippen LogP contribution in [-0.4, -0.2) is 21.5 Å². The lowest BCUT2D eigenvalue weighted by molar-refractivity contribution is 0.671. The molecule has 0 amide bonds. The molecular weight excluding hydrogens is 280 g/mol. The number of halogens is 1. The Morgan fingerprint density at radius 1 is 1.41 bits per heavy atom. The molecule has 0 fully saturated rings. The third-order valence-corrected chi connectivity index (χ3v) is 3.06. The van der Waals surface area contributed by atoms with Gasteiger partial charge in [0, 0.05) is 11.0 Å². The summed E-state index contributed by atoms with van der Waals surface area (Å²) in [6.45, 7) is 5.86. The zero-order valence-corrected chi connectivity index (χ0v) is 11.5. The van der Waals surface area contributed by atoms with Crippen molar-refractivity contribution in [3.8, 4) is 5.69 Å². The first-order chi connectivity index (χ1) is 8.22. The first-order valence-corrected chi connectivity index (χ1v) is 6.38. The molecule has 0 atom stereocenters. The monoisotopic (exact) mass is 294 g/mol. The highest BCUT2D eigenvalue weighted by Gasteiger charge is 2.08. The molecule has 1 aromatic heterocycles. The number of rotatable bonds is 4. The molecular formula is C12H15BrN4. The summed E-state index contributed by atoms with van der Waals surface area (Å²) in [5, 5.41) is 11.4. The summed E-state index contributed by atoms with van der Waals surface area (Å²) in [5.74, 6) is 0. The summed E-state index contributed by atoms with van der Waals surface area (Å²) in [6, 6.07) is 6.14. The first-order valence-electron chi connectivity index (χ1n) is 5.59. The quantitative estimate of drug-likeness (QED) is 0.942. The Morgan fingerprint density at radius 3 is 2.94 bits per heavy atom. The van der Waals surface area contributed by atoms with Gasteiger partial charge in [-0.05, 0) is 37.2 Å². The van der Waals surface area contributed by atoms with Gasteiger partial charge in [-0.15, -0.1) is 5.10 Å². The van der Waals surface area contributed by atoms with Crippen molar-refractivity contribution < 1.29 is 0 Å². The molecule has 0 aliphatic heterocycles. The van der Waals surface area contributed by atoms with Crippen molar-refractivity contribution in [3.05, 3.63) is 40.1 Å². The second-order valence-electron chi connectivity index (χ2n) is 3.85. The Hall–Kier alpha value is -1.20. The third kappa shape index (κ3) is 2.73. The Kier molecular flexibility index (Phi) is 3.91. The van der Waals surface area contributed by atoms with Gasteiger partial charge < -0.3 is 5.32 Å². The van der Waals surface area contributed by atoms with Crippen LogP contribution in [0.5, 0.6) is 0 Å². The molecule has 5 heteroatoms. The molecule has 17 heavy (non-hydrogen) atoms. The molecule has 0 spiro atoms. The summed E-state index contributed by atoms with van der Waals surface area (Å²) < 4.78 is 2.96. The van der Waals surface area contributed by atoms with Crippen molar-refractivity contribution >= 4 is 15.9 Å². The molecule has 0 unspecified atom stereocenters. The van der Waals surface area contributed by atoms with E-state index in [1.807, 2.05) is 16.8 Å². The summed E-state index contributed by atoms with van der Waals surface area (Å²) in [5.41, 5.74) is 3.30. The van der Waals surface area contributed by atoms with E-state index in [9.17, 15) is 0 Å². The summed E-state index contributed by atoms with van der Waals surface area (Å²) in [7, 11) is 0. The largest absolute Gasteiger partial charge is 0.311 e. The van der Waals surface area contributed by atoms with Gasteiger partial charge in [0.15, 0.2) is 0 Å². The Labute approximate surface area is 109 Å². The molecule has 1 heterocycles. The van der Waals surface area contributed by atoms with Crippen LogP contribution in [0, 0.1) is 6.92 Å².